The van der Waals surface area contributed by atoms with Crippen molar-refractivity contribution < 1.29 is 13.5 Å². The third-order valence-corrected chi connectivity index (χ3v) is 7.27. The SMILES string of the molecule is O=S(=O)(NC1CCCCCC1O)c1sccc1Br. The Bertz CT molecular complexity index is 500. The van der Waals surface area contributed by atoms with Crippen LogP contribution in [0.5, 0.6) is 0 Å². The molecule has 0 bridgehead atoms. The van der Waals surface area contributed by atoms with Crippen molar-refractivity contribution in [3.8, 4) is 0 Å². The van der Waals surface area contributed by atoms with Gasteiger partial charge < -0.3 is 5.11 Å². The summed E-state index contributed by atoms with van der Waals surface area (Å²) in [5, 5.41) is 11.7. The molecular formula is C11H16BrNO3S2. The highest BCUT2D eigenvalue weighted by Gasteiger charge is 2.28. The molecular weight excluding hydrogens is 338 g/mol. The summed E-state index contributed by atoms with van der Waals surface area (Å²) < 4.78 is 27.9. The summed E-state index contributed by atoms with van der Waals surface area (Å²) in [7, 11) is -3.53. The summed E-state index contributed by atoms with van der Waals surface area (Å²) >= 11 is 4.40. The average molecular weight is 354 g/mol. The molecule has 7 heteroatoms. The maximum atomic E-state index is 12.2. The zero-order valence-corrected chi connectivity index (χ0v) is 13.0. The first kappa shape index (κ1) is 14.5. The molecule has 1 aromatic rings. The van der Waals surface area contributed by atoms with Crippen LogP contribution in [0.25, 0.3) is 0 Å². The smallest absolute Gasteiger partial charge is 0.251 e. The molecule has 0 radical (unpaired) electrons. The Morgan fingerprint density at radius 3 is 2.72 bits per heavy atom. The normalized spacial score (nSPS) is 25.9. The molecule has 4 nitrogen and oxygen atoms in total. The topological polar surface area (TPSA) is 66.4 Å². The predicted octanol–water partition coefficient (Wildman–Crippen LogP) is 2.48. The number of rotatable bonds is 3. The lowest BCUT2D eigenvalue weighted by molar-refractivity contribution is 0.130. The first-order valence-corrected chi connectivity index (χ1v) is 9.09. The zero-order chi connectivity index (χ0) is 13.2. The third-order valence-electron chi connectivity index (χ3n) is 3.11. The van der Waals surface area contributed by atoms with E-state index in [1.54, 1.807) is 11.4 Å². The number of thiophene rings is 1. The molecule has 0 aliphatic heterocycles. The minimum Gasteiger partial charge on any atom is -0.391 e. The average Bonchev–Trinajstić information content (AvgIpc) is 2.64. The highest BCUT2D eigenvalue weighted by molar-refractivity contribution is 9.10. The molecule has 0 aromatic carbocycles. The molecule has 102 valence electrons. The second kappa shape index (κ2) is 6.00. The molecule has 1 aliphatic rings. The van der Waals surface area contributed by atoms with E-state index < -0.39 is 16.1 Å². The van der Waals surface area contributed by atoms with Crippen LogP contribution in [0.4, 0.5) is 0 Å². The molecule has 1 heterocycles. The summed E-state index contributed by atoms with van der Waals surface area (Å²) in [6, 6.07) is 1.34. The van der Waals surface area contributed by atoms with Crippen molar-refractivity contribution in [2.45, 2.75) is 48.5 Å². The van der Waals surface area contributed by atoms with Gasteiger partial charge in [0, 0.05) is 10.5 Å². The Kier molecular flexibility index (Phi) is 4.82. The number of aliphatic hydroxyl groups is 1. The van der Waals surface area contributed by atoms with E-state index in [0.29, 0.717) is 17.3 Å². The van der Waals surface area contributed by atoms with Crippen LogP contribution in [-0.2, 0) is 10.0 Å². The van der Waals surface area contributed by atoms with Gasteiger partial charge in [-0.25, -0.2) is 13.1 Å². The van der Waals surface area contributed by atoms with E-state index in [2.05, 4.69) is 20.7 Å². The highest BCUT2D eigenvalue weighted by atomic mass is 79.9. The quantitative estimate of drug-likeness (QED) is 0.820. The lowest BCUT2D eigenvalue weighted by atomic mass is 10.1. The van der Waals surface area contributed by atoms with Gasteiger partial charge >= 0.3 is 0 Å². The van der Waals surface area contributed by atoms with Crippen LogP contribution in [0.3, 0.4) is 0 Å². The zero-order valence-electron chi connectivity index (χ0n) is 9.80. The summed E-state index contributed by atoms with van der Waals surface area (Å²) in [5.41, 5.74) is 0. The fourth-order valence-electron chi connectivity index (χ4n) is 2.15. The Morgan fingerprint density at radius 2 is 2.06 bits per heavy atom. The minimum atomic E-state index is -3.53. The van der Waals surface area contributed by atoms with Gasteiger partial charge in [0.2, 0.25) is 0 Å². The maximum absolute atomic E-state index is 12.2. The molecule has 0 spiro atoms. The maximum Gasteiger partial charge on any atom is 0.251 e. The van der Waals surface area contributed by atoms with E-state index in [0.717, 1.165) is 19.3 Å². The van der Waals surface area contributed by atoms with E-state index in [1.165, 1.54) is 11.3 Å². The van der Waals surface area contributed by atoms with Gasteiger partial charge in [-0.05, 0) is 40.2 Å². The highest BCUT2D eigenvalue weighted by Crippen LogP contribution is 2.28. The number of sulfonamides is 1. The van der Waals surface area contributed by atoms with Gasteiger partial charge in [-0.1, -0.05) is 19.3 Å². The van der Waals surface area contributed by atoms with Crippen molar-refractivity contribution >= 4 is 37.3 Å². The Balaban J connectivity index is 2.15. The van der Waals surface area contributed by atoms with E-state index in [4.69, 9.17) is 0 Å². The van der Waals surface area contributed by atoms with E-state index in [9.17, 15) is 13.5 Å². The Morgan fingerprint density at radius 1 is 1.33 bits per heavy atom. The van der Waals surface area contributed by atoms with Crippen LogP contribution in [0.2, 0.25) is 0 Å². The number of aliphatic hydroxyl groups excluding tert-OH is 1. The van der Waals surface area contributed by atoms with Crippen molar-refractivity contribution in [1.29, 1.82) is 0 Å². The van der Waals surface area contributed by atoms with Crippen molar-refractivity contribution in [2.75, 3.05) is 0 Å². The Hall–Kier alpha value is 0.0500. The van der Waals surface area contributed by atoms with Gasteiger partial charge in [0.05, 0.1) is 6.10 Å². The standard InChI is InChI=1S/C11H16BrNO3S2/c12-8-6-7-17-11(8)18(15,16)13-9-4-2-1-3-5-10(9)14/h6-7,9-10,13-14H,1-5H2. The summed E-state index contributed by atoms with van der Waals surface area (Å²) in [6.45, 7) is 0. The molecule has 2 N–H and O–H groups in total. The van der Waals surface area contributed by atoms with Gasteiger partial charge in [-0.2, -0.15) is 0 Å². The van der Waals surface area contributed by atoms with E-state index in [-0.39, 0.29) is 10.3 Å². The fraction of sp³-hybridized carbons (Fsp3) is 0.636. The van der Waals surface area contributed by atoms with Gasteiger partial charge in [0.1, 0.15) is 4.21 Å². The van der Waals surface area contributed by atoms with Crippen LogP contribution >= 0.6 is 27.3 Å². The van der Waals surface area contributed by atoms with Gasteiger partial charge in [-0.3, -0.25) is 0 Å². The van der Waals surface area contributed by atoms with Crippen LogP contribution in [0.15, 0.2) is 20.1 Å². The molecule has 0 amide bonds. The first-order valence-electron chi connectivity index (χ1n) is 5.94. The lowest BCUT2D eigenvalue weighted by Crippen LogP contribution is -2.42. The van der Waals surface area contributed by atoms with E-state index in [1.807, 2.05) is 0 Å². The molecule has 2 unspecified atom stereocenters. The number of halogens is 1. The first-order chi connectivity index (χ1) is 8.50. The molecule has 2 atom stereocenters. The minimum absolute atomic E-state index is 0.277. The monoisotopic (exact) mass is 353 g/mol. The lowest BCUT2D eigenvalue weighted by Gasteiger charge is -2.21. The van der Waals surface area contributed by atoms with Crippen LogP contribution in [0, 0.1) is 0 Å². The second-order valence-electron chi connectivity index (χ2n) is 4.49. The van der Waals surface area contributed by atoms with Crippen molar-refractivity contribution in [2.24, 2.45) is 0 Å². The fourth-order valence-corrected chi connectivity index (χ4v) is 5.81. The van der Waals surface area contributed by atoms with Crippen LogP contribution in [0.1, 0.15) is 32.1 Å². The van der Waals surface area contributed by atoms with Crippen LogP contribution < -0.4 is 4.72 Å². The number of hydrogen-bond acceptors (Lipinski definition) is 4. The van der Waals surface area contributed by atoms with Gasteiger partial charge in [0.15, 0.2) is 0 Å². The number of hydrogen-bond donors (Lipinski definition) is 2. The van der Waals surface area contributed by atoms with Crippen molar-refractivity contribution in [1.82, 2.24) is 4.72 Å². The second-order valence-corrected chi connectivity index (χ2v) is 8.17. The van der Waals surface area contributed by atoms with Gasteiger partial charge in [-0.15, -0.1) is 11.3 Å². The van der Waals surface area contributed by atoms with E-state index >= 15 is 0 Å². The molecule has 2 rings (SSSR count). The molecule has 1 aliphatic carbocycles. The number of nitrogens with one attached hydrogen (secondary N) is 1. The molecule has 18 heavy (non-hydrogen) atoms. The molecule has 0 saturated heterocycles. The molecule has 1 saturated carbocycles. The third kappa shape index (κ3) is 3.33. The van der Waals surface area contributed by atoms with Crippen LogP contribution in [-0.4, -0.2) is 25.7 Å². The summed E-state index contributed by atoms with van der Waals surface area (Å²) in [4.78, 5) is 0. The largest absolute Gasteiger partial charge is 0.391 e. The molecule has 1 fully saturated rings. The Labute approximate surface area is 120 Å². The predicted molar refractivity (Wildman–Crippen MR) is 75.2 cm³/mol. The molecule has 1 aromatic heterocycles. The summed E-state index contributed by atoms with van der Waals surface area (Å²) in [5.74, 6) is 0. The van der Waals surface area contributed by atoms with Crippen molar-refractivity contribution in [3.63, 3.8) is 0 Å². The van der Waals surface area contributed by atoms with Gasteiger partial charge in [0.25, 0.3) is 10.0 Å². The summed E-state index contributed by atoms with van der Waals surface area (Å²) in [6.07, 6.45) is 3.75. The van der Waals surface area contributed by atoms with Crippen molar-refractivity contribution in [3.05, 3.63) is 15.9 Å².